The van der Waals surface area contributed by atoms with Gasteiger partial charge in [-0.25, -0.2) is 0 Å². The van der Waals surface area contributed by atoms with Crippen LogP contribution in [-0.4, -0.2) is 28.7 Å². The minimum Gasteiger partial charge on any atom is -0.388 e. The minimum atomic E-state index is -0.791. The van der Waals surface area contributed by atoms with Gasteiger partial charge in [-0.1, -0.05) is 39.5 Å². The maximum Gasteiger partial charge on any atom is 0.240 e. The molecule has 1 aliphatic carbocycles. The second-order valence-electron chi connectivity index (χ2n) is 5.68. The second kappa shape index (κ2) is 6.53. The first-order chi connectivity index (χ1) is 8.46. The zero-order valence-corrected chi connectivity index (χ0v) is 11.8. The maximum atomic E-state index is 12.1. The maximum absolute atomic E-state index is 12.1. The van der Waals surface area contributed by atoms with Crippen molar-refractivity contribution in [2.24, 2.45) is 5.73 Å². The Morgan fingerprint density at radius 3 is 2.17 bits per heavy atom. The Labute approximate surface area is 110 Å². The Morgan fingerprint density at radius 1 is 1.22 bits per heavy atom. The quantitative estimate of drug-likeness (QED) is 0.655. The van der Waals surface area contributed by atoms with E-state index >= 15 is 0 Å². The monoisotopic (exact) mass is 256 g/mol. The molecule has 106 valence electrons. The van der Waals surface area contributed by atoms with Crippen molar-refractivity contribution in [1.29, 1.82) is 0 Å². The second-order valence-corrected chi connectivity index (χ2v) is 5.68. The summed E-state index contributed by atoms with van der Waals surface area (Å²) in [6.45, 7) is 4.18. The van der Waals surface area contributed by atoms with Crippen LogP contribution >= 0.6 is 0 Å². The van der Waals surface area contributed by atoms with Crippen molar-refractivity contribution < 1.29 is 9.90 Å². The lowest BCUT2D eigenvalue weighted by atomic mass is 9.91. The summed E-state index contributed by atoms with van der Waals surface area (Å²) >= 11 is 0. The molecule has 4 nitrogen and oxygen atoms in total. The third-order valence-corrected chi connectivity index (χ3v) is 4.33. The van der Waals surface area contributed by atoms with Crippen molar-refractivity contribution >= 4 is 5.91 Å². The van der Waals surface area contributed by atoms with Crippen LogP contribution in [0.3, 0.4) is 0 Å². The van der Waals surface area contributed by atoms with Gasteiger partial charge in [-0.2, -0.15) is 0 Å². The first-order valence-corrected chi connectivity index (χ1v) is 7.25. The Bertz CT molecular complexity index is 267. The van der Waals surface area contributed by atoms with E-state index < -0.39 is 11.1 Å². The van der Waals surface area contributed by atoms with Gasteiger partial charge in [-0.3, -0.25) is 4.79 Å². The van der Waals surface area contributed by atoms with Crippen LogP contribution in [0, 0.1) is 0 Å². The molecular weight excluding hydrogens is 228 g/mol. The Morgan fingerprint density at radius 2 is 1.72 bits per heavy atom. The van der Waals surface area contributed by atoms with Crippen LogP contribution in [0.25, 0.3) is 0 Å². The average molecular weight is 256 g/mol. The fraction of sp³-hybridized carbons (Fsp3) is 0.929. The van der Waals surface area contributed by atoms with Crippen LogP contribution in [0.1, 0.15) is 65.2 Å². The van der Waals surface area contributed by atoms with Crippen molar-refractivity contribution in [2.75, 3.05) is 6.54 Å². The number of amides is 1. The minimum absolute atomic E-state index is 0.134. The molecule has 18 heavy (non-hydrogen) atoms. The van der Waals surface area contributed by atoms with Gasteiger partial charge in [-0.15, -0.1) is 0 Å². The summed E-state index contributed by atoms with van der Waals surface area (Å²) in [7, 11) is 0. The van der Waals surface area contributed by atoms with Gasteiger partial charge in [0.25, 0.3) is 0 Å². The number of hydrogen-bond donors (Lipinski definition) is 3. The molecule has 0 spiro atoms. The van der Waals surface area contributed by atoms with Crippen LogP contribution in [0.5, 0.6) is 0 Å². The predicted octanol–water partition coefficient (Wildman–Crippen LogP) is 1.71. The summed E-state index contributed by atoms with van der Waals surface area (Å²) in [4.78, 5) is 12.1. The zero-order chi connectivity index (χ0) is 13.6. The number of carbonyl (C=O) groups is 1. The lowest BCUT2D eigenvalue weighted by molar-refractivity contribution is -0.128. The average Bonchev–Trinajstić information content (AvgIpc) is 2.60. The normalized spacial score (nSPS) is 20.2. The highest BCUT2D eigenvalue weighted by atomic mass is 16.3. The summed E-state index contributed by atoms with van der Waals surface area (Å²) in [5, 5.41) is 13.3. The van der Waals surface area contributed by atoms with Crippen molar-refractivity contribution in [3.05, 3.63) is 0 Å². The van der Waals surface area contributed by atoms with E-state index in [4.69, 9.17) is 5.73 Å². The Balaban J connectivity index is 2.50. The van der Waals surface area contributed by atoms with E-state index in [0.29, 0.717) is 19.4 Å². The molecule has 0 bridgehead atoms. The number of rotatable bonds is 5. The molecule has 1 rings (SSSR count). The molecule has 0 atom stereocenters. The van der Waals surface area contributed by atoms with Gasteiger partial charge < -0.3 is 16.2 Å². The summed E-state index contributed by atoms with van der Waals surface area (Å²) in [6, 6.07) is 0. The molecule has 0 radical (unpaired) electrons. The van der Waals surface area contributed by atoms with E-state index in [2.05, 4.69) is 5.32 Å². The molecule has 1 fully saturated rings. The highest BCUT2D eigenvalue weighted by Gasteiger charge is 2.33. The molecule has 1 saturated carbocycles. The molecule has 0 saturated heterocycles. The molecule has 0 aliphatic heterocycles. The van der Waals surface area contributed by atoms with E-state index in [0.717, 1.165) is 25.7 Å². The first kappa shape index (κ1) is 15.4. The Kier molecular flexibility index (Phi) is 5.60. The standard InChI is InChI=1S/C14H28N2O2/c1-3-14(15,4-2)12(17)16-11-13(18)9-7-5-6-8-10-13/h18H,3-11,15H2,1-2H3,(H,16,17). The van der Waals surface area contributed by atoms with Crippen LogP contribution in [0.4, 0.5) is 0 Å². The van der Waals surface area contributed by atoms with Gasteiger partial charge in [0.2, 0.25) is 5.91 Å². The topological polar surface area (TPSA) is 75.4 Å². The number of hydrogen-bond acceptors (Lipinski definition) is 3. The van der Waals surface area contributed by atoms with Crippen LogP contribution in [0.2, 0.25) is 0 Å². The SMILES string of the molecule is CCC(N)(CC)C(=O)NCC1(O)CCCCCC1. The molecule has 1 amide bonds. The van der Waals surface area contributed by atoms with Gasteiger partial charge in [0.05, 0.1) is 11.1 Å². The molecule has 0 aromatic heterocycles. The summed E-state index contributed by atoms with van der Waals surface area (Å²) in [5.74, 6) is -0.134. The molecular formula is C14H28N2O2. The Hall–Kier alpha value is -0.610. The highest BCUT2D eigenvalue weighted by molar-refractivity contribution is 5.85. The number of nitrogens with one attached hydrogen (secondary N) is 1. The number of aliphatic hydroxyl groups is 1. The molecule has 0 heterocycles. The van der Waals surface area contributed by atoms with Gasteiger partial charge in [-0.05, 0) is 25.7 Å². The van der Waals surface area contributed by atoms with E-state index in [-0.39, 0.29) is 5.91 Å². The van der Waals surface area contributed by atoms with Crippen molar-refractivity contribution in [1.82, 2.24) is 5.32 Å². The van der Waals surface area contributed by atoms with E-state index in [1.54, 1.807) is 0 Å². The van der Waals surface area contributed by atoms with Gasteiger partial charge in [0.15, 0.2) is 0 Å². The van der Waals surface area contributed by atoms with Crippen molar-refractivity contribution in [3.63, 3.8) is 0 Å². The third kappa shape index (κ3) is 3.95. The fourth-order valence-electron chi connectivity index (χ4n) is 2.56. The van der Waals surface area contributed by atoms with Crippen LogP contribution in [0.15, 0.2) is 0 Å². The molecule has 4 N–H and O–H groups in total. The molecule has 4 heteroatoms. The zero-order valence-electron chi connectivity index (χ0n) is 11.8. The van der Waals surface area contributed by atoms with Gasteiger partial charge >= 0.3 is 0 Å². The molecule has 1 aliphatic rings. The predicted molar refractivity (Wildman–Crippen MR) is 73.2 cm³/mol. The van der Waals surface area contributed by atoms with E-state index in [9.17, 15) is 9.90 Å². The van der Waals surface area contributed by atoms with E-state index in [1.165, 1.54) is 12.8 Å². The fourth-order valence-corrected chi connectivity index (χ4v) is 2.56. The summed E-state index contributed by atoms with van der Waals surface area (Å²) in [5.41, 5.74) is 4.52. The number of nitrogens with two attached hydrogens (primary N) is 1. The van der Waals surface area contributed by atoms with Crippen molar-refractivity contribution in [2.45, 2.75) is 76.4 Å². The lowest BCUT2D eigenvalue weighted by Crippen LogP contribution is -2.56. The molecule has 0 unspecified atom stereocenters. The first-order valence-electron chi connectivity index (χ1n) is 7.25. The lowest BCUT2D eigenvalue weighted by Gasteiger charge is -2.30. The van der Waals surface area contributed by atoms with Gasteiger partial charge in [0, 0.05) is 6.54 Å². The smallest absolute Gasteiger partial charge is 0.240 e. The van der Waals surface area contributed by atoms with Gasteiger partial charge in [0.1, 0.15) is 0 Å². The summed E-state index contributed by atoms with van der Waals surface area (Å²) in [6.07, 6.45) is 7.25. The summed E-state index contributed by atoms with van der Waals surface area (Å²) < 4.78 is 0. The molecule has 0 aromatic carbocycles. The van der Waals surface area contributed by atoms with Crippen LogP contribution in [-0.2, 0) is 4.79 Å². The molecule has 0 aromatic rings. The third-order valence-electron chi connectivity index (χ3n) is 4.33. The largest absolute Gasteiger partial charge is 0.388 e. The van der Waals surface area contributed by atoms with Crippen molar-refractivity contribution in [3.8, 4) is 0 Å². The van der Waals surface area contributed by atoms with E-state index in [1.807, 2.05) is 13.8 Å². The highest BCUT2D eigenvalue weighted by Crippen LogP contribution is 2.26. The van der Waals surface area contributed by atoms with Crippen LogP contribution < -0.4 is 11.1 Å². The number of carbonyl (C=O) groups excluding carboxylic acids is 1.